The van der Waals surface area contributed by atoms with Gasteiger partial charge in [-0.15, -0.1) is 6.58 Å². The van der Waals surface area contributed by atoms with Crippen LogP contribution in [0.25, 0.3) is 0 Å². The molecule has 1 aromatic rings. The average molecular weight is 415 g/mol. The Morgan fingerprint density at radius 2 is 1.96 bits per heavy atom. The molecule has 0 aromatic heterocycles. The van der Waals surface area contributed by atoms with Crippen LogP contribution in [0.2, 0.25) is 0 Å². The van der Waals surface area contributed by atoms with Gasteiger partial charge in [0.1, 0.15) is 0 Å². The lowest BCUT2D eigenvalue weighted by Gasteiger charge is -2.27. The van der Waals surface area contributed by atoms with Crippen molar-refractivity contribution in [2.75, 3.05) is 31.1 Å². The summed E-state index contributed by atoms with van der Waals surface area (Å²) in [5.41, 5.74) is 0.217. The summed E-state index contributed by atoms with van der Waals surface area (Å²) in [7, 11) is -6.84. The van der Waals surface area contributed by atoms with Crippen molar-refractivity contribution in [2.24, 2.45) is 0 Å². The number of sulfone groups is 1. The van der Waals surface area contributed by atoms with Gasteiger partial charge in [0.05, 0.1) is 16.4 Å². The van der Waals surface area contributed by atoms with E-state index >= 15 is 0 Å². The molecule has 1 heterocycles. The number of nitrogens with zero attached hydrogens (tertiary/aromatic N) is 2. The second-order valence-corrected chi connectivity index (χ2v) is 10.6. The molecule has 27 heavy (non-hydrogen) atoms. The molecule has 0 aliphatic carbocycles. The van der Waals surface area contributed by atoms with Crippen LogP contribution in [-0.4, -0.2) is 69.1 Å². The Kier molecular flexibility index (Phi) is 6.82. The van der Waals surface area contributed by atoms with Crippen LogP contribution >= 0.6 is 0 Å². The van der Waals surface area contributed by atoms with Crippen LogP contribution in [0.3, 0.4) is 0 Å². The van der Waals surface area contributed by atoms with E-state index in [-0.39, 0.29) is 28.5 Å². The van der Waals surface area contributed by atoms with Gasteiger partial charge in [-0.1, -0.05) is 26.0 Å². The van der Waals surface area contributed by atoms with Crippen molar-refractivity contribution in [3.8, 4) is 0 Å². The smallest absolute Gasteiger partial charge is 0.254 e. The predicted octanol–water partition coefficient (Wildman–Crippen LogP) is 1.53. The van der Waals surface area contributed by atoms with E-state index in [1.165, 1.54) is 27.4 Å². The molecule has 9 heteroatoms. The van der Waals surface area contributed by atoms with Crippen LogP contribution < -0.4 is 0 Å². The summed E-state index contributed by atoms with van der Waals surface area (Å²) >= 11 is 0. The topological polar surface area (TPSA) is 91.8 Å². The average Bonchev–Trinajstić information content (AvgIpc) is 2.99. The first-order valence-corrected chi connectivity index (χ1v) is 12.1. The number of carbonyl (C=O) groups is 1. The van der Waals surface area contributed by atoms with Crippen molar-refractivity contribution in [2.45, 2.75) is 31.2 Å². The number of hydrogen-bond donors (Lipinski definition) is 0. The van der Waals surface area contributed by atoms with E-state index in [1.54, 1.807) is 26.0 Å². The van der Waals surface area contributed by atoms with E-state index in [0.717, 1.165) is 0 Å². The summed E-state index contributed by atoms with van der Waals surface area (Å²) in [6.07, 6.45) is 1.92. The van der Waals surface area contributed by atoms with Gasteiger partial charge in [-0.05, 0) is 24.6 Å². The van der Waals surface area contributed by atoms with E-state index in [2.05, 4.69) is 6.58 Å². The van der Waals surface area contributed by atoms with E-state index < -0.39 is 31.8 Å². The van der Waals surface area contributed by atoms with Crippen LogP contribution in [0, 0.1) is 0 Å². The quantitative estimate of drug-likeness (QED) is 0.602. The maximum Gasteiger partial charge on any atom is 0.254 e. The minimum absolute atomic E-state index is 0.0506. The van der Waals surface area contributed by atoms with Crippen molar-refractivity contribution in [3.63, 3.8) is 0 Å². The van der Waals surface area contributed by atoms with Crippen molar-refractivity contribution >= 4 is 25.8 Å². The molecule has 1 aliphatic rings. The highest BCUT2D eigenvalue weighted by Crippen LogP contribution is 2.22. The lowest BCUT2D eigenvalue weighted by atomic mass is 10.1. The molecule has 2 rings (SSSR count). The molecule has 150 valence electrons. The van der Waals surface area contributed by atoms with E-state index in [1.807, 2.05) is 0 Å². The van der Waals surface area contributed by atoms with Crippen LogP contribution in [0.15, 0.2) is 41.8 Å². The number of amides is 1. The molecule has 1 saturated heterocycles. The molecule has 0 N–H and O–H groups in total. The SMILES string of the molecule is C=CCN(C(=O)c1cccc(S(=O)(=O)N(CC)CC)c1)C1CCS(=O)(=O)C1. The zero-order chi connectivity index (χ0) is 20.2. The largest absolute Gasteiger partial charge is 0.331 e. The standard InChI is InChI=1S/C18H26N2O5S2/c1-4-11-20(16-10-12-26(22,23)14-16)18(21)15-8-7-9-17(13-15)27(24,25)19(5-2)6-3/h4,7-9,13,16H,1,5-6,10-12,14H2,2-3H3. The first-order chi connectivity index (χ1) is 12.7. The Hall–Kier alpha value is -1.71. The van der Waals surface area contributed by atoms with Crippen LogP contribution in [0.5, 0.6) is 0 Å². The minimum Gasteiger partial charge on any atom is -0.331 e. The molecule has 1 aliphatic heterocycles. The Labute approximate surface area is 161 Å². The lowest BCUT2D eigenvalue weighted by Crippen LogP contribution is -2.41. The Bertz CT molecular complexity index is 905. The fourth-order valence-corrected chi connectivity index (χ4v) is 6.46. The number of carbonyl (C=O) groups excluding carboxylic acids is 1. The van der Waals surface area contributed by atoms with Gasteiger partial charge in [0.2, 0.25) is 10.0 Å². The summed E-state index contributed by atoms with van der Waals surface area (Å²) in [6, 6.07) is 5.46. The molecule has 1 unspecified atom stereocenters. The van der Waals surface area contributed by atoms with Crippen LogP contribution in [0.4, 0.5) is 0 Å². The van der Waals surface area contributed by atoms with Crippen molar-refractivity contribution in [1.29, 1.82) is 0 Å². The third-order valence-electron chi connectivity index (χ3n) is 4.66. The van der Waals surface area contributed by atoms with E-state index in [9.17, 15) is 21.6 Å². The molecular formula is C18H26N2O5S2. The highest BCUT2D eigenvalue weighted by molar-refractivity contribution is 7.91. The Morgan fingerprint density at radius 3 is 2.48 bits per heavy atom. The molecule has 1 aromatic carbocycles. The van der Waals surface area contributed by atoms with Crippen molar-refractivity contribution in [3.05, 3.63) is 42.5 Å². The molecule has 1 amide bonds. The monoisotopic (exact) mass is 414 g/mol. The predicted molar refractivity (Wildman–Crippen MR) is 105 cm³/mol. The van der Waals surface area contributed by atoms with Gasteiger partial charge >= 0.3 is 0 Å². The first-order valence-electron chi connectivity index (χ1n) is 8.88. The second kappa shape index (κ2) is 8.53. The van der Waals surface area contributed by atoms with Crippen LogP contribution in [0.1, 0.15) is 30.6 Å². The maximum atomic E-state index is 13.0. The fraction of sp³-hybridized carbons (Fsp3) is 0.500. The molecular weight excluding hydrogens is 388 g/mol. The second-order valence-electron chi connectivity index (χ2n) is 6.42. The summed E-state index contributed by atoms with van der Waals surface area (Å²) in [6.45, 7) is 8.01. The normalized spacial score (nSPS) is 19.1. The lowest BCUT2D eigenvalue weighted by molar-refractivity contribution is 0.0720. The van der Waals surface area contributed by atoms with Gasteiger partial charge in [0.15, 0.2) is 9.84 Å². The van der Waals surface area contributed by atoms with E-state index in [0.29, 0.717) is 19.5 Å². The third kappa shape index (κ3) is 4.77. The zero-order valence-corrected chi connectivity index (χ0v) is 17.3. The van der Waals surface area contributed by atoms with Crippen molar-refractivity contribution in [1.82, 2.24) is 9.21 Å². The van der Waals surface area contributed by atoms with Gasteiger partial charge in [-0.25, -0.2) is 16.8 Å². The highest BCUT2D eigenvalue weighted by Gasteiger charge is 2.34. The third-order valence-corrected chi connectivity index (χ3v) is 8.46. The van der Waals surface area contributed by atoms with Gasteiger partial charge in [0, 0.05) is 31.2 Å². The van der Waals surface area contributed by atoms with Gasteiger partial charge < -0.3 is 4.90 Å². The Balaban J connectivity index is 2.36. The minimum atomic E-state index is -3.69. The Morgan fingerprint density at radius 1 is 1.30 bits per heavy atom. The first kappa shape index (κ1) is 21.6. The summed E-state index contributed by atoms with van der Waals surface area (Å²) in [5.74, 6) is -0.424. The molecule has 0 spiro atoms. The summed E-state index contributed by atoms with van der Waals surface area (Å²) < 4.78 is 50.3. The van der Waals surface area contributed by atoms with Crippen LogP contribution in [-0.2, 0) is 19.9 Å². The van der Waals surface area contributed by atoms with Gasteiger partial charge in [-0.2, -0.15) is 4.31 Å². The molecule has 0 bridgehead atoms. The molecule has 1 atom stereocenters. The number of hydrogen-bond acceptors (Lipinski definition) is 5. The molecule has 0 saturated carbocycles. The fourth-order valence-electron chi connectivity index (χ4n) is 3.23. The van der Waals surface area contributed by atoms with Gasteiger partial charge in [0.25, 0.3) is 5.91 Å². The number of rotatable bonds is 8. The molecule has 7 nitrogen and oxygen atoms in total. The zero-order valence-electron chi connectivity index (χ0n) is 15.7. The molecule has 1 fully saturated rings. The number of benzene rings is 1. The molecule has 0 radical (unpaired) electrons. The van der Waals surface area contributed by atoms with E-state index in [4.69, 9.17) is 0 Å². The maximum absolute atomic E-state index is 13.0. The summed E-state index contributed by atoms with van der Waals surface area (Å²) in [4.78, 5) is 14.5. The number of sulfonamides is 1. The van der Waals surface area contributed by atoms with Crippen molar-refractivity contribution < 1.29 is 21.6 Å². The van der Waals surface area contributed by atoms with Gasteiger partial charge in [-0.3, -0.25) is 4.79 Å². The highest BCUT2D eigenvalue weighted by atomic mass is 32.2. The summed E-state index contributed by atoms with van der Waals surface area (Å²) in [5, 5.41) is 0.